The van der Waals surface area contributed by atoms with Gasteiger partial charge in [-0.25, -0.2) is 0 Å². The van der Waals surface area contributed by atoms with E-state index in [0.717, 1.165) is 24.1 Å². The molecule has 1 saturated carbocycles. The zero-order chi connectivity index (χ0) is 14.5. The van der Waals surface area contributed by atoms with Crippen molar-refractivity contribution < 1.29 is 10.2 Å². The summed E-state index contributed by atoms with van der Waals surface area (Å²) in [5.41, 5.74) is 2.03. The van der Waals surface area contributed by atoms with Crippen molar-refractivity contribution in [2.75, 3.05) is 13.2 Å². The second kappa shape index (κ2) is 7.09. The first-order valence-corrected chi connectivity index (χ1v) is 7.75. The number of aromatic hydroxyl groups is 1. The smallest absolute Gasteiger partial charge is 0.120 e. The van der Waals surface area contributed by atoms with E-state index >= 15 is 0 Å². The number of nitrogens with one attached hydrogen (secondary N) is 1. The number of aliphatic hydroxyl groups is 1. The molecule has 20 heavy (non-hydrogen) atoms. The zero-order valence-corrected chi connectivity index (χ0v) is 12.6. The first-order chi connectivity index (χ1) is 9.61. The number of phenols is 1. The molecule has 0 saturated heterocycles. The van der Waals surface area contributed by atoms with Crippen molar-refractivity contribution in [1.29, 1.82) is 0 Å². The Hall–Kier alpha value is -1.06. The van der Waals surface area contributed by atoms with Gasteiger partial charge >= 0.3 is 0 Å². The Morgan fingerprint density at radius 1 is 1.25 bits per heavy atom. The molecular weight excluding hydrogens is 250 g/mol. The molecule has 0 bridgehead atoms. The van der Waals surface area contributed by atoms with Crippen molar-refractivity contribution in [1.82, 2.24) is 5.32 Å². The molecule has 0 aromatic heterocycles. The number of hydrogen-bond donors (Lipinski definition) is 3. The van der Waals surface area contributed by atoms with E-state index in [-0.39, 0.29) is 6.04 Å². The minimum Gasteiger partial charge on any atom is -0.508 e. The van der Waals surface area contributed by atoms with Gasteiger partial charge in [-0.1, -0.05) is 25.0 Å². The number of rotatable bonds is 5. The van der Waals surface area contributed by atoms with Crippen molar-refractivity contribution >= 4 is 0 Å². The van der Waals surface area contributed by atoms with Crippen LogP contribution in [0.15, 0.2) is 18.2 Å². The highest BCUT2D eigenvalue weighted by Gasteiger charge is 2.24. The molecule has 1 aliphatic carbocycles. The average molecular weight is 277 g/mol. The van der Waals surface area contributed by atoms with E-state index in [4.69, 9.17) is 0 Å². The third kappa shape index (κ3) is 3.74. The van der Waals surface area contributed by atoms with Gasteiger partial charge in [0.1, 0.15) is 5.75 Å². The van der Waals surface area contributed by atoms with Crippen LogP contribution in [0, 0.1) is 18.8 Å². The summed E-state index contributed by atoms with van der Waals surface area (Å²) in [6, 6.07) is 5.97. The molecule has 2 rings (SSSR count). The molecule has 0 heterocycles. The lowest BCUT2D eigenvalue weighted by molar-refractivity contribution is 0.131. The fraction of sp³-hybridized carbons (Fsp3) is 0.647. The lowest BCUT2D eigenvalue weighted by Crippen LogP contribution is -2.33. The quantitative estimate of drug-likeness (QED) is 0.775. The van der Waals surface area contributed by atoms with Gasteiger partial charge < -0.3 is 15.5 Å². The van der Waals surface area contributed by atoms with Crippen LogP contribution in [0.5, 0.6) is 5.75 Å². The second-order valence-electron chi connectivity index (χ2n) is 6.18. The fourth-order valence-electron chi connectivity index (χ4n) is 3.25. The van der Waals surface area contributed by atoms with Gasteiger partial charge in [0.25, 0.3) is 0 Å². The van der Waals surface area contributed by atoms with E-state index in [1.165, 1.54) is 19.3 Å². The van der Waals surface area contributed by atoms with Crippen LogP contribution in [0.3, 0.4) is 0 Å². The second-order valence-corrected chi connectivity index (χ2v) is 6.18. The van der Waals surface area contributed by atoms with Crippen LogP contribution in [0.4, 0.5) is 0 Å². The van der Waals surface area contributed by atoms with E-state index < -0.39 is 0 Å². The molecule has 1 aromatic carbocycles. The summed E-state index contributed by atoms with van der Waals surface area (Å²) in [6.07, 6.45) is 4.86. The summed E-state index contributed by atoms with van der Waals surface area (Å²) in [5.74, 6) is 1.37. The molecule has 3 nitrogen and oxygen atoms in total. The van der Waals surface area contributed by atoms with Gasteiger partial charge in [0, 0.05) is 18.2 Å². The minimum atomic E-state index is 0.136. The van der Waals surface area contributed by atoms with E-state index in [1.807, 2.05) is 25.1 Å². The first-order valence-electron chi connectivity index (χ1n) is 7.75. The fourth-order valence-corrected chi connectivity index (χ4v) is 3.25. The van der Waals surface area contributed by atoms with Crippen molar-refractivity contribution in [3.8, 4) is 5.75 Å². The summed E-state index contributed by atoms with van der Waals surface area (Å²) < 4.78 is 0. The van der Waals surface area contributed by atoms with Crippen LogP contribution in [0.1, 0.15) is 49.8 Å². The Morgan fingerprint density at radius 3 is 2.60 bits per heavy atom. The highest BCUT2D eigenvalue weighted by atomic mass is 16.3. The Bertz CT molecular complexity index is 433. The van der Waals surface area contributed by atoms with Gasteiger partial charge in [0.15, 0.2) is 0 Å². The predicted molar refractivity (Wildman–Crippen MR) is 81.8 cm³/mol. The van der Waals surface area contributed by atoms with Crippen LogP contribution < -0.4 is 5.32 Å². The molecule has 3 unspecified atom stereocenters. The molecule has 0 spiro atoms. The van der Waals surface area contributed by atoms with E-state index in [0.29, 0.717) is 24.2 Å². The number of aryl methyl sites for hydroxylation is 1. The standard InChI is InChI=1S/C17H27NO2/c1-12-7-8-16(17(20)9-12)13(2)18-10-14-5-3-4-6-15(14)11-19/h7-9,13-15,18-20H,3-6,10-11H2,1-2H3. The Morgan fingerprint density at radius 2 is 1.95 bits per heavy atom. The first kappa shape index (κ1) is 15.3. The summed E-state index contributed by atoms with van der Waals surface area (Å²) in [6.45, 7) is 5.28. The van der Waals surface area contributed by atoms with Gasteiger partial charge in [0.2, 0.25) is 0 Å². The monoisotopic (exact) mass is 277 g/mol. The third-order valence-electron chi connectivity index (χ3n) is 4.64. The summed E-state index contributed by atoms with van der Waals surface area (Å²) >= 11 is 0. The topological polar surface area (TPSA) is 52.5 Å². The van der Waals surface area contributed by atoms with Gasteiger partial charge in [-0.2, -0.15) is 0 Å². The van der Waals surface area contributed by atoms with Gasteiger partial charge in [-0.15, -0.1) is 0 Å². The number of hydrogen-bond acceptors (Lipinski definition) is 3. The number of aliphatic hydroxyl groups excluding tert-OH is 1. The maximum absolute atomic E-state index is 10.0. The summed E-state index contributed by atoms with van der Waals surface area (Å²) in [7, 11) is 0. The van der Waals surface area contributed by atoms with Gasteiger partial charge in [-0.05, 0) is 56.7 Å². The molecule has 0 radical (unpaired) electrons. The SMILES string of the molecule is Cc1ccc(C(C)NCC2CCCCC2CO)c(O)c1. The van der Waals surface area contributed by atoms with Crippen LogP contribution in [0.2, 0.25) is 0 Å². The molecule has 3 atom stereocenters. The Labute approximate surface area is 122 Å². The van der Waals surface area contributed by atoms with Crippen LogP contribution in [-0.2, 0) is 0 Å². The third-order valence-corrected chi connectivity index (χ3v) is 4.64. The Kier molecular flexibility index (Phi) is 5.44. The number of phenolic OH excluding ortho intramolecular Hbond substituents is 1. The molecule has 0 amide bonds. The van der Waals surface area contributed by atoms with Gasteiger partial charge in [0.05, 0.1) is 0 Å². The van der Waals surface area contributed by atoms with Crippen molar-refractivity contribution in [3.05, 3.63) is 29.3 Å². The van der Waals surface area contributed by atoms with Crippen molar-refractivity contribution in [3.63, 3.8) is 0 Å². The van der Waals surface area contributed by atoms with Crippen molar-refractivity contribution in [2.45, 2.75) is 45.6 Å². The maximum atomic E-state index is 10.0. The largest absolute Gasteiger partial charge is 0.508 e. The lowest BCUT2D eigenvalue weighted by atomic mass is 9.79. The molecule has 1 aromatic rings. The molecular formula is C17H27NO2. The predicted octanol–water partition coefficient (Wildman–Crippen LogP) is 3.15. The van der Waals surface area contributed by atoms with Crippen LogP contribution in [0.25, 0.3) is 0 Å². The van der Waals surface area contributed by atoms with Crippen LogP contribution in [-0.4, -0.2) is 23.4 Å². The highest BCUT2D eigenvalue weighted by Crippen LogP contribution is 2.30. The summed E-state index contributed by atoms with van der Waals surface area (Å²) in [5, 5.41) is 23.0. The molecule has 3 heteroatoms. The lowest BCUT2D eigenvalue weighted by Gasteiger charge is -2.31. The Balaban J connectivity index is 1.92. The molecule has 3 N–H and O–H groups in total. The average Bonchev–Trinajstić information content (AvgIpc) is 2.45. The minimum absolute atomic E-state index is 0.136. The maximum Gasteiger partial charge on any atom is 0.120 e. The van der Waals surface area contributed by atoms with E-state index in [2.05, 4.69) is 12.2 Å². The van der Waals surface area contributed by atoms with Crippen molar-refractivity contribution in [2.24, 2.45) is 11.8 Å². The molecule has 1 aliphatic rings. The number of benzene rings is 1. The zero-order valence-electron chi connectivity index (χ0n) is 12.6. The molecule has 112 valence electrons. The normalized spacial score (nSPS) is 24.6. The van der Waals surface area contributed by atoms with Crippen LogP contribution >= 0.6 is 0 Å². The summed E-state index contributed by atoms with van der Waals surface area (Å²) in [4.78, 5) is 0. The van der Waals surface area contributed by atoms with Gasteiger partial charge in [-0.3, -0.25) is 0 Å². The highest BCUT2D eigenvalue weighted by molar-refractivity contribution is 5.37. The molecule has 0 aliphatic heterocycles. The van der Waals surface area contributed by atoms with E-state index in [9.17, 15) is 10.2 Å². The molecule has 1 fully saturated rings. The van der Waals surface area contributed by atoms with E-state index in [1.54, 1.807) is 0 Å².